The number of unbranched alkanes of at least 4 members (excludes halogenated alkanes) is 1. The smallest absolute Gasteiger partial charge is 0.223 e. The van der Waals surface area contributed by atoms with Crippen molar-refractivity contribution in [3.05, 3.63) is 34.9 Å². The van der Waals surface area contributed by atoms with Crippen LogP contribution < -0.4 is 5.32 Å². The summed E-state index contributed by atoms with van der Waals surface area (Å²) in [5, 5.41) is 3.68. The summed E-state index contributed by atoms with van der Waals surface area (Å²) in [7, 11) is -3.38. The van der Waals surface area contributed by atoms with E-state index in [9.17, 15) is 13.2 Å². The number of carbonyl (C=O) groups excluding carboxylic acids is 1. The number of rotatable bonds is 10. The van der Waals surface area contributed by atoms with Crippen molar-refractivity contribution in [2.24, 2.45) is 11.8 Å². The molecule has 1 aromatic carbocycles. The zero-order valence-electron chi connectivity index (χ0n) is 17.0. The third kappa shape index (κ3) is 7.05. The lowest BCUT2D eigenvalue weighted by molar-refractivity contribution is -0.126. The van der Waals surface area contributed by atoms with Crippen LogP contribution in [0.2, 0.25) is 5.02 Å². The van der Waals surface area contributed by atoms with Gasteiger partial charge in [-0.15, -0.1) is 0 Å². The van der Waals surface area contributed by atoms with Gasteiger partial charge in [0.1, 0.15) is 0 Å². The normalized spacial score (nSPS) is 17.4. The zero-order chi connectivity index (χ0) is 20.6. The Morgan fingerprint density at radius 2 is 1.86 bits per heavy atom. The number of hydrogen-bond acceptors (Lipinski definition) is 3. The van der Waals surface area contributed by atoms with E-state index in [2.05, 4.69) is 19.2 Å². The maximum Gasteiger partial charge on any atom is 0.223 e. The highest BCUT2D eigenvalue weighted by Gasteiger charge is 2.31. The van der Waals surface area contributed by atoms with Crippen LogP contribution >= 0.6 is 11.6 Å². The summed E-state index contributed by atoms with van der Waals surface area (Å²) >= 11 is 5.86. The molecule has 1 heterocycles. The highest BCUT2D eigenvalue weighted by Crippen LogP contribution is 2.23. The maximum absolute atomic E-state index is 12.7. The molecule has 1 aliphatic heterocycles. The van der Waals surface area contributed by atoms with E-state index in [0.717, 1.165) is 24.9 Å². The van der Waals surface area contributed by atoms with Crippen LogP contribution in [0.3, 0.4) is 0 Å². The first kappa shape index (κ1) is 23.2. The Kier molecular flexibility index (Phi) is 9.25. The summed E-state index contributed by atoms with van der Waals surface area (Å²) in [6.45, 7) is 5.88. The average Bonchev–Trinajstić information content (AvgIpc) is 2.69. The Labute approximate surface area is 174 Å². The van der Waals surface area contributed by atoms with Gasteiger partial charge in [0.05, 0.1) is 5.75 Å². The summed E-state index contributed by atoms with van der Waals surface area (Å²) in [6, 6.07) is 6.88. The third-order valence-corrected chi connectivity index (χ3v) is 7.69. The van der Waals surface area contributed by atoms with E-state index >= 15 is 0 Å². The van der Waals surface area contributed by atoms with E-state index < -0.39 is 10.0 Å². The summed E-state index contributed by atoms with van der Waals surface area (Å²) in [6.07, 6.45) is 5.75. The minimum absolute atomic E-state index is 0.0311. The average molecular weight is 429 g/mol. The fourth-order valence-corrected chi connectivity index (χ4v) is 5.30. The number of sulfonamides is 1. The van der Waals surface area contributed by atoms with Crippen LogP contribution in [0.1, 0.15) is 57.9 Å². The Bertz CT molecular complexity index is 714. The van der Waals surface area contributed by atoms with Crippen molar-refractivity contribution >= 4 is 27.5 Å². The Balaban J connectivity index is 1.80. The number of benzene rings is 1. The third-order valence-electron chi connectivity index (χ3n) is 5.59. The van der Waals surface area contributed by atoms with Crippen LogP contribution in [0.25, 0.3) is 0 Å². The van der Waals surface area contributed by atoms with Gasteiger partial charge in [-0.2, -0.15) is 0 Å². The zero-order valence-corrected chi connectivity index (χ0v) is 18.6. The van der Waals surface area contributed by atoms with E-state index in [1.165, 1.54) is 17.1 Å². The molecule has 1 fully saturated rings. The molecule has 1 N–H and O–H groups in total. The number of carbonyl (C=O) groups is 1. The quantitative estimate of drug-likeness (QED) is 0.606. The lowest BCUT2D eigenvalue weighted by Gasteiger charge is -2.31. The van der Waals surface area contributed by atoms with Gasteiger partial charge in [0.2, 0.25) is 15.9 Å². The molecule has 1 amide bonds. The minimum atomic E-state index is -3.38. The summed E-state index contributed by atoms with van der Waals surface area (Å²) in [4.78, 5) is 12.5. The second kappa shape index (κ2) is 11.2. The SMILES string of the molecule is CCCCC(CC)CNC(=O)C1CCN(S(=O)(=O)Cc2ccc(Cl)cc2)CC1. The molecule has 1 aliphatic rings. The fourth-order valence-electron chi connectivity index (χ4n) is 3.61. The molecule has 1 aromatic rings. The van der Waals surface area contributed by atoms with Crippen molar-refractivity contribution in [1.29, 1.82) is 0 Å². The second-order valence-corrected chi connectivity index (χ2v) is 10.1. The Hall–Kier alpha value is -1.11. The van der Waals surface area contributed by atoms with E-state index in [1.807, 2.05) is 0 Å². The van der Waals surface area contributed by atoms with Crippen molar-refractivity contribution in [2.75, 3.05) is 19.6 Å². The molecule has 0 bridgehead atoms. The van der Waals surface area contributed by atoms with Crippen LogP contribution in [0.5, 0.6) is 0 Å². The predicted octanol–water partition coefficient (Wildman–Crippen LogP) is 4.21. The number of nitrogens with zero attached hydrogens (tertiary/aromatic N) is 1. The predicted molar refractivity (Wildman–Crippen MR) is 115 cm³/mol. The monoisotopic (exact) mass is 428 g/mol. The molecule has 1 saturated heterocycles. The molecule has 0 aromatic heterocycles. The first-order chi connectivity index (χ1) is 13.4. The van der Waals surface area contributed by atoms with E-state index in [-0.39, 0.29) is 17.6 Å². The van der Waals surface area contributed by atoms with Crippen LogP contribution in [-0.4, -0.2) is 38.3 Å². The molecular formula is C21H33ClN2O3S. The molecule has 1 atom stereocenters. The van der Waals surface area contributed by atoms with Gasteiger partial charge in [-0.3, -0.25) is 4.79 Å². The first-order valence-electron chi connectivity index (χ1n) is 10.4. The van der Waals surface area contributed by atoms with Gasteiger partial charge in [0, 0.05) is 30.6 Å². The lowest BCUT2D eigenvalue weighted by Crippen LogP contribution is -2.44. The number of halogens is 1. The van der Waals surface area contributed by atoms with E-state index in [0.29, 0.717) is 36.9 Å². The number of amides is 1. The van der Waals surface area contributed by atoms with Gasteiger partial charge < -0.3 is 5.32 Å². The first-order valence-corrected chi connectivity index (χ1v) is 12.3. The Morgan fingerprint density at radius 1 is 1.21 bits per heavy atom. The molecule has 0 aliphatic carbocycles. The van der Waals surface area contributed by atoms with Crippen LogP contribution in [0, 0.1) is 11.8 Å². The van der Waals surface area contributed by atoms with Crippen molar-refractivity contribution in [3.63, 3.8) is 0 Å². The molecule has 0 saturated carbocycles. The van der Waals surface area contributed by atoms with Crippen molar-refractivity contribution < 1.29 is 13.2 Å². The second-order valence-electron chi connectivity index (χ2n) is 7.72. The molecular weight excluding hydrogens is 396 g/mol. The highest BCUT2D eigenvalue weighted by atomic mass is 35.5. The van der Waals surface area contributed by atoms with Crippen LogP contribution in [0.4, 0.5) is 0 Å². The van der Waals surface area contributed by atoms with Crippen LogP contribution in [-0.2, 0) is 20.6 Å². The van der Waals surface area contributed by atoms with E-state index in [1.54, 1.807) is 24.3 Å². The van der Waals surface area contributed by atoms with Gasteiger partial charge in [0.25, 0.3) is 0 Å². The van der Waals surface area contributed by atoms with Crippen LogP contribution in [0.15, 0.2) is 24.3 Å². The molecule has 5 nitrogen and oxygen atoms in total. The van der Waals surface area contributed by atoms with Crippen molar-refractivity contribution in [1.82, 2.24) is 9.62 Å². The Morgan fingerprint density at radius 3 is 2.43 bits per heavy atom. The van der Waals surface area contributed by atoms with Gasteiger partial charge in [0.15, 0.2) is 0 Å². The maximum atomic E-state index is 12.7. The van der Waals surface area contributed by atoms with Crippen molar-refractivity contribution in [2.45, 2.75) is 58.1 Å². The minimum Gasteiger partial charge on any atom is -0.356 e. The highest BCUT2D eigenvalue weighted by molar-refractivity contribution is 7.88. The van der Waals surface area contributed by atoms with Gasteiger partial charge in [-0.25, -0.2) is 12.7 Å². The number of hydrogen-bond donors (Lipinski definition) is 1. The fraction of sp³-hybridized carbons (Fsp3) is 0.667. The molecule has 2 rings (SSSR count). The molecule has 0 radical (unpaired) electrons. The lowest BCUT2D eigenvalue weighted by atomic mass is 9.95. The van der Waals surface area contributed by atoms with Crippen molar-refractivity contribution in [3.8, 4) is 0 Å². The standard InChI is InChI=1S/C21H33ClN2O3S/c1-3-5-6-17(4-2)15-23-21(25)19-11-13-24(14-12-19)28(26,27)16-18-7-9-20(22)10-8-18/h7-10,17,19H,3-6,11-16H2,1-2H3,(H,23,25). The van der Waals surface area contributed by atoms with Gasteiger partial charge >= 0.3 is 0 Å². The summed E-state index contributed by atoms with van der Waals surface area (Å²) in [5.41, 5.74) is 0.724. The van der Waals surface area contributed by atoms with Gasteiger partial charge in [-0.05, 0) is 42.9 Å². The largest absolute Gasteiger partial charge is 0.356 e. The molecule has 0 spiro atoms. The van der Waals surface area contributed by atoms with E-state index in [4.69, 9.17) is 11.6 Å². The molecule has 1 unspecified atom stereocenters. The molecule has 7 heteroatoms. The molecule has 158 valence electrons. The molecule has 28 heavy (non-hydrogen) atoms. The van der Waals surface area contributed by atoms with Gasteiger partial charge in [-0.1, -0.05) is 56.8 Å². The topological polar surface area (TPSA) is 66.5 Å². The summed E-state index contributed by atoms with van der Waals surface area (Å²) in [5.74, 6) is 0.482. The summed E-state index contributed by atoms with van der Waals surface area (Å²) < 4.78 is 26.8. The number of piperidine rings is 1. The number of nitrogens with one attached hydrogen (secondary N) is 1.